The van der Waals surface area contributed by atoms with Crippen molar-refractivity contribution in [2.75, 3.05) is 5.32 Å². The monoisotopic (exact) mass is 475 g/mol. The molecule has 1 aliphatic carbocycles. The number of rotatable bonds is 6. The molecular formula is C17H15Cl2N3O5S2. The molecule has 0 saturated heterocycles. The van der Waals surface area contributed by atoms with Crippen LogP contribution in [0.5, 0.6) is 0 Å². The number of non-ortho nitro benzene ring substituents is 1. The molecule has 0 unspecified atom stereocenters. The summed E-state index contributed by atoms with van der Waals surface area (Å²) < 4.78 is 25.4. The normalized spacial score (nSPS) is 20.0. The molecule has 3 rings (SSSR count). The Morgan fingerprint density at radius 2 is 1.93 bits per heavy atom. The van der Waals surface area contributed by atoms with Crippen molar-refractivity contribution in [1.82, 2.24) is 4.98 Å². The van der Waals surface area contributed by atoms with Crippen LogP contribution in [-0.2, 0) is 14.6 Å². The first kappa shape index (κ1) is 21.7. The number of anilines is 1. The second-order valence-electron chi connectivity index (χ2n) is 7.01. The maximum Gasteiger partial charge on any atom is 0.269 e. The number of allylic oxidation sites excluding steroid dienone is 1. The number of halogens is 2. The van der Waals surface area contributed by atoms with Crippen molar-refractivity contribution in [3.05, 3.63) is 51.1 Å². The molecular weight excluding hydrogens is 461 g/mol. The number of carbonyl (C=O) groups is 1. The van der Waals surface area contributed by atoms with Crippen LogP contribution in [0.15, 0.2) is 50.1 Å². The first-order chi connectivity index (χ1) is 13.4. The maximum absolute atomic E-state index is 12.7. The van der Waals surface area contributed by atoms with Gasteiger partial charge in [-0.1, -0.05) is 48.4 Å². The lowest BCUT2D eigenvalue weighted by Crippen LogP contribution is -2.16. The molecule has 2 aromatic rings. The fourth-order valence-electron chi connectivity index (χ4n) is 3.11. The number of sulfone groups is 1. The number of nitro benzene ring substituents is 1. The van der Waals surface area contributed by atoms with Gasteiger partial charge in [-0.25, -0.2) is 13.4 Å². The molecule has 1 heterocycles. The van der Waals surface area contributed by atoms with Crippen LogP contribution in [0.1, 0.15) is 13.8 Å². The third-order valence-corrected chi connectivity index (χ3v) is 8.23. The van der Waals surface area contributed by atoms with Gasteiger partial charge in [-0.15, -0.1) is 0 Å². The Hall–Kier alpha value is -2.01. The topological polar surface area (TPSA) is 119 Å². The minimum absolute atomic E-state index is 0.0861. The van der Waals surface area contributed by atoms with Crippen molar-refractivity contribution < 1.29 is 18.1 Å². The number of thiazole rings is 1. The summed E-state index contributed by atoms with van der Waals surface area (Å²) in [4.78, 5) is 26.5. The van der Waals surface area contributed by atoms with Gasteiger partial charge in [-0.05, 0) is 29.5 Å². The summed E-state index contributed by atoms with van der Waals surface area (Å²) in [5, 5.41) is 13.5. The van der Waals surface area contributed by atoms with E-state index < -0.39 is 14.8 Å². The van der Waals surface area contributed by atoms with Crippen molar-refractivity contribution in [3.8, 4) is 0 Å². The lowest BCUT2D eigenvalue weighted by molar-refractivity contribution is -0.384. The van der Waals surface area contributed by atoms with Crippen LogP contribution in [0, 0.1) is 27.4 Å². The van der Waals surface area contributed by atoms with Gasteiger partial charge < -0.3 is 5.32 Å². The number of hydrogen-bond acceptors (Lipinski definition) is 7. The Kier molecular flexibility index (Phi) is 5.74. The van der Waals surface area contributed by atoms with E-state index in [9.17, 15) is 23.3 Å². The predicted molar refractivity (Wildman–Crippen MR) is 110 cm³/mol. The van der Waals surface area contributed by atoms with Crippen LogP contribution in [0.4, 0.5) is 10.8 Å². The van der Waals surface area contributed by atoms with Gasteiger partial charge in [0.05, 0.1) is 21.9 Å². The minimum Gasteiger partial charge on any atom is -0.302 e. The van der Waals surface area contributed by atoms with Crippen molar-refractivity contribution in [2.24, 2.45) is 17.3 Å². The van der Waals surface area contributed by atoms with Crippen molar-refractivity contribution in [3.63, 3.8) is 0 Å². The Morgan fingerprint density at radius 3 is 2.48 bits per heavy atom. The van der Waals surface area contributed by atoms with Gasteiger partial charge in [-0.3, -0.25) is 14.9 Å². The molecule has 8 nitrogen and oxygen atoms in total. The Morgan fingerprint density at radius 1 is 1.31 bits per heavy atom. The van der Waals surface area contributed by atoms with E-state index in [0.29, 0.717) is 0 Å². The molecule has 1 saturated carbocycles. The average molecular weight is 476 g/mol. The average Bonchev–Trinajstić information content (AvgIpc) is 2.95. The van der Waals surface area contributed by atoms with Gasteiger partial charge in [0, 0.05) is 12.1 Å². The number of benzene rings is 1. The third-order valence-electron chi connectivity index (χ3n) is 4.84. The summed E-state index contributed by atoms with van der Waals surface area (Å²) in [5.41, 5.74) is -0.543. The lowest BCUT2D eigenvalue weighted by Gasteiger charge is -2.03. The number of nitro groups is 1. The maximum atomic E-state index is 12.7. The van der Waals surface area contributed by atoms with E-state index in [-0.39, 0.29) is 47.6 Å². The molecule has 12 heteroatoms. The second kappa shape index (κ2) is 7.67. The molecule has 0 bridgehead atoms. The number of nitrogens with zero attached hydrogens (tertiary/aromatic N) is 2. The molecule has 0 aliphatic heterocycles. The molecule has 1 aromatic heterocycles. The van der Waals surface area contributed by atoms with E-state index in [0.717, 1.165) is 41.8 Å². The highest BCUT2D eigenvalue weighted by molar-refractivity contribution is 7.93. The summed E-state index contributed by atoms with van der Waals surface area (Å²) >= 11 is 12.2. The Balaban J connectivity index is 1.76. The van der Waals surface area contributed by atoms with Gasteiger partial charge in [0.25, 0.3) is 5.69 Å². The summed E-state index contributed by atoms with van der Waals surface area (Å²) in [6, 6.07) is 4.54. The summed E-state index contributed by atoms with van der Waals surface area (Å²) in [6.07, 6.45) is 2.75. The van der Waals surface area contributed by atoms with Crippen LogP contribution in [0.2, 0.25) is 0 Å². The van der Waals surface area contributed by atoms with Crippen LogP contribution < -0.4 is 5.32 Å². The third kappa shape index (κ3) is 4.30. The van der Waals surface area contributed by atoms with Crippen LogP contribution in [0.25, 0.3) is 0 Å². The number of amides is 1. The first-order valence-corrected chi connectivity index (χ1v) is 11.3. The molecule has 1 fully saturated rings. The van der Waals surface area contributed by atoms with Crippen molar-refractivity contribution in [2.45, 2.75) is 23.0 Å². The smallest absolute Gasteiger partial charge is 0.269 e. The molecule has 0 spiro atoms. The van der Waals surface area contributed by atoms with Gasteiger partial charge in [0.2, 0.25) is 15.7 Å². The zero-order valence-corrected chi connectivity index (χ0v) is 18.3. The number of hydrogen-bond donors (Lipinski definition) is 1. The lowest BCUT2D eigenvalue weighted by atomic mass is 10.1. The van der Waals surface area contributed by atoms with Gasteiger partial charge in [-0.2, -0.15) is 0 Å². The standard InChI is InChI=1S/C17H15Cl2N3O5S2/c1-17(2)11(7-12(18)19)14(17)15(23)21-16-20-8-13(28-16)29(26,27)10-5-3-9(4-6-10)22(24)25/h3-8,11,14H,1-2H3,(H,20,21,23)/t11-,14+/m0/s1. The largest absolute Gasteiger partial charge is 0.302 e. The van der Waals surface area contributed by atoms with Crippen molar-refractivity contribution in [1.29, 1.82) is 0 Å². The van der Waals surface area contributed by atoms with Gasteiger partial charge >= 0.3 is 0 Å². The highest BCUT2D eigenvalue weighted by Crippen LogP contribution is 2.60. The van der Waals surface area contributed by atoms with Crippen LogP contribution in [0.3, 0.4) is 0 Å². The first-order valence-electron chi connectivity index (χ1n) is 8.23. The number of aromatic nitrogens is 1. The minimum atomic E-state index is -3.91. The Bertz CT molecular complexity index is 1110. The van der Waals surface area contributed by atoms with E-state index in [4.69, 9.17) is 23.2 Å². The molecule has 1 N–H and O–H groups in total. The van der Waals surface area contributed by atoms with E-state index in [1.54, 1.807) is 6.08 Å². The summed E-state index contributed by atoms with van der Waals surface area (Å²) in [5.74, 6) is -0.802. The van der Waals surface area contributed by atoms with E-state index in [1.165, 1.54) is 0 Å². The fraction of sp³-hybridized carbons (Fsp3) is 0.294. The zero-order valence-electron chi connectivity index (χ0n) is 15.1. The molecule has 1 amide bonds. The number of carbonyl (C=O) groups excluding carboxylic acids is 1. The zero-order chi connectivity index (χ0) is 21.6. The number of nitrogens with one attached hydrogen (secondary N) is 1. The predicted octanol–water partition coefficient (Wildman–Crippen LogP) is 4.41. The fourth-order valence-corrected chi connectivity index (χ4v) is 5.82. The molecule has 154 valence electrons. The van der Waals surface area contributed by atoms with Gasteiger partial charge in [0.15, 0.2) is 5.13 Å². The SMILES string of the molecule is CC1(C)[C@@H](C=C(Cl)Cl)[C@@H]1C(=O)Nc1ncc(S(=O)(=O)c2ccc([N+](=O)[O-])cc2)s1. The second-order valence-corrected chi connectivity index (χ2v) is 11.2. The molecule has 1 aliphatic rings. The molecule has 29 heavy (non-hydrogen) atoms. The van der Waals surface area contributed by atoms with E-state index in [2.05, 4.69) is 10.3 Å². The van der Waals surface area contributed by atoms with Crippen LogP contribution >= 0.6 is 34.5 Å². The van der Waals surface area contributed by atoms with E-state index >= 15 is 0 Å². The van der Waals surface area contributed by atoms with E-state index in [1.807, 2.05) is 13.8 Å². The quantitative estimate of drug-likeness (QED) is 0.487. The highest BCUT2D eigenvalue weighted by Gasteiger charge is 2.60. The molecule has 2 atom stereocenters. The van der Waals surface area contributed by atoms with Crippen molar-refractivity contribution >= 4 is 61.1 Å². The summed E-state index contributed by atoms with van der Waals surface area (Å²) in [6.45, 7) is 3.81. The van der Waals surface area contributed by atoms with Gasteiger partial charge in [0.1, 0.15) is 8.70 Å². The summed E-state index contributed by atoms with van der Waals surface area (Å²) in [7, 11) is -3.91. The molecule has 0 radical (unpaired) electrons. The Labute approximate surface area is 180 Å². The molecule has 1 aromatic carbocycles. The van der Waals surface area contributed by atoms with Crippen LogP contribution in [-0.4, -0.2) is 24.2 Å². The highest BCUT2D eigenvalue weighted by atomic mass is 35.5.